The minimum atomic E-state index is 0.619. The number of hydrogen-bond acceptors (Lipinski definition) is 2. The van der Waals surface area contributed by atoms with Crippen molar-refractivity contribution in [3.63, 3.8) is 0 Å². The molecule has 0 radical (unpaired) electrons. The van der Waals surface area contributed by atoms with Crippen molar-refractivity contribution in [1.29, 1.82) is 0 Å². The van der Waals surface area contributed by atoms with E-state index in [2.05, 4.69) is 47.4 Å². The average molecular weight is 214 g/mol. The van der Waals surface area contributed by atoms with Crippen LogP contribution in [0, 0.1) is 0 Å². The molecule has 0 saturated carbocycles. The molecule has 0 aliphatic carbocycles. The lowest BCUT2D eigenvalue weighted by molar-refractivity contribution is 0.349. The number of rotatable bonds is 4. The Balaban J connectivity index is 2.13. The third kappa shape index (κ3) is 2.60. The largest absolute Gasteiger partial charge is 0.318 e. The van der Waals surface area contributed by atoms with Gasteiger partial charge in [-0.05, 0) is 29.8 Å². The number of benzene rings is 2. The molecule has 84 valence electrons. The Morgan fingerprint density at radius 3 is 2.56 bits per heavy atom. The maximum absolute atomic E-state index is 5.55. The summed E-state index contributed by atoms with van der Waals surface area (Å²) < 4.78 is 0. The van der Waals surface area contributed by atoms with Gasteiger partial charge >= 0.3 is 0 Å². The molecule has 0 fully saturated rings. The van der Waals surface area contributed by atoms with Gasteiger partial charge in [0, 0.05) is 13.2 Å². The van der Waals surface area contributed by atoms with Crippen molar-refractivity contribution in [2.75, 3.05) is 20.3 Å². The Bertz CT molecular complexity index is 465. The fourth-order valence-electron chi connectivity index (χ4n) is 1.81. The van der Waals surface area contributed by atoms with Crippen LogP contribution in [0.4, 0.5) is 0 Å². The highest BCUT2D eigenvalue weighted by Crippen LogP contribution is 2.15. The van der Waals surface area contributed by atoms with E-state index < -0.39 is 0 Å². The van der Waals surface area contributed by atoms with Crippen LogP contribution >= 0.6 is 0 Å². The van der Waals surface area contributed by atoms with Crippen molar-refractivity contribution >= 4 is 10.8 Å². The first-order chi connectivity index (χ1) is 7.79. The Kier molecular flexibility index (Phi) is 3.54. The van der Waals surface area contributed by atoms with E-state index in [4.69, 9.17) is 5.73 Å². The van der Waals surface area contributed by atoms with Crippen molar-refractivity contribution in [3.05, 3.63) is 48.0 Å². The van der Waals surface area contributed by atoms with Gasteiger partial charge in [-0.3, -0.25) is 4.90 Å². The lowest BCUT2D eigenvalue weighted by Gasteiger charge is -2.13. The minimum Gasteiger partial charge on any atom is -0.318 e. The fraction of sp³-hybridized carbons (Fsp3) is 0.286. The van der Waals surface area contributed by atoms with Crippen molar-refractivity contribution in [3.8, 4) is 0 Å². The first-order valence-electron chi connectivity index (χ1n) is 5.66. The lowest BCUT2D eigenvalue weighted by atomic mass is 10.1. The van der Waals surface area contributed by atoms with E-state index in [-0.39, 0.29) is 0 Å². The molecule has 0 amide bonds. The summed E-state index contributed by atoms with van der Waals surface area (Å²) in [4.78, 5) is 2.12. The Morgan fingerprint density at radius 1 is 1.06 bits per heavy atom. The van der Waals surface area contributed by atoms with Gasteiger partial charge in [0.15, 0.2) is 0 Å². The number of nitrogens with zero attached hydrogens (tertiary/aromatic N) is 1. The molecule has 2 nitrogen and oxygen atoms in total. The number of fused-ring (bicyclic) bond motifs is 1. The second-order valence-corrected chi connectivity index (χ2v) is 4.19. The van der Waals surface area contributed by atoms with Gasteiger partial charge in [-0.1, -0.05) is 42.5 Å². The first-order valence-corrected chi connectivity index (χ1v) is 5.66. The smallest absolute Gasteiger partial charge is 0.0452 e. The second-order valence-electron chi connectivity index (χ2n) is 4.19. The molecule has 2 aromatic rings. The van der Waals surface area contributed by atoms with Crippen molar-refractivity contribution in [2.24, 2.45) is 5.73 Å². The van der Waals surface area contributed by atoms with Crippen molar-refractivity contribution in [2.45, 2.75) is 6.42 Å². The van der Waals surface area contributed by atoms with Gasteiger partial charge in [0.05, 0.1) is 0 Å². The zero-order chi connectivity index (χ0) is 11.4. The van der Waals surface area contributed by atoms with Crippen LogP contribution in [0.1, 0.15) is 5.56 Å². The summed E-state index contributed by atoms with van der Waals surface area (Å²) in [5, 5.41) is 2.62. The molecular weight excluding hydrogens is 196 g/mol. The highest BCUT2D eigenvalue weighted by molar-refractivity contribution is 5.82. The van der Waals surface area contributed by atoms with E-state index >= 15 is 0 Å². The van der Waals surface area contributed by atoms with Crippen LogP contribution in [0.5, 0.6) is 0 Å². The fourth-order valence-corrected chi connectivity index (χ4v) is 1.81. The van der Waals surface area contributed by atoms with Crippen LogP contribution in [0.15, 0.2) is 42.5 Å². The molecule has 0 saturated heterocycles. The predicted molar refractivity (Wildman–Crippen MR) is 69.3 cm³/mol. The standard InChI is InChI=1S/C14H18N2/c1-16(11-15)9-8-12-6-7-13-4-2-3-5-14(13)10-12/h2-7,10H,8-9,11,15H2,1H3. The SMILES string of the molecule is CN(CN)CCc1ccc2ccccc2c1. The lowest BCUT2D eigenvalue weighted by Crippen LogP contribution is -2.27. The van der Waals surface area contributed by atoms with E-state index in [1.54, 1.807) is 0 Å². The van der Waals surface area contributed by atoms with E-state index in [0.717, 1.165) is 13.0 Å². The summed E-state index contributed by atoms with van der Waals surface area (Å²) in [7, 11) is 2.04. The molecule has 16 heavy (non-hydrogen) atoms. The summed E-state index contributed by atoms with van der Waals surface area (Å²) in [5.74, 6) is 0. The van der Waals surface area contributed by atoms with Crippen LogP contribution in [-0.4, -0.2) is 25.2 Å². The van der Waals surface area contributed by atoms with Gasteiger partial charge < -0.3 is 5.73 Å². The summed E-state index contributed by atoms with van der Waals surface area (Å²) in [6, 6.07) is 15.1. The Hall–Kier alpha value is -1.38. The van der Waals surface area contributed by atoms with Crippen LogP contribution in [0.25, 0.3) is 10.8 Å². The third-order valence-electron chi connectivity index (χ3n) is 2.91. The van der Waals surface area contributed by atoms with E-state index in [1.165, 1.54) is 16.3 Å². The maximum Gasteiger partial charge on any atom is 0.0452 e. The molecule has 2 N–H and O–H groups in total. The van der Waals surface area contributed by atoms with Crippen molar-refractivity contribution < 1.29 is 0 Å². The molecular formula is C14H18N2. The molecule has 0 aromatic heterocycles. The summed E-state index contributed by atoms with van der Waals surface area (Å²) in [5.41, 5.74) is 6.93. The molecule has 0 heterocycles. The molecule has 0 atom stereocenters. The molecule has 2 aromatic carbocycles. The first kappa shape index (κ1) is 11.1. The Labute approximate surface area is 96.7 Å². The van der Waals surface area contributed by atoms with Gasteiger partial charge in [0.1, 0.15) is 0 Å². The highest BCUT2D eigenvalue weighted by atomic mass is 15.1. The van der Waals surface area contributed by atoms with Gasteiger partial charge in [-0.15, -0.1) is 0 Å². The molecule has 0 spiro atoms. The third-order valence-corrected chi connectivity index (χ3v) is 2.91. The molecule has 0 aliphatic rings. The predicted octanol–water partition coefficient (Wildman–Crippen LogP) is 2.23. The topological polar surface area (TPSA) is 29.3 Å². The number of hydrogen-bond donors (Lipinski definition) is 1. The highest BCUT2D eigenvalue weighted by Gasteiger charge is 1.98. The summed E-state index contributed by atoms with van der Waals surface area (Å²) in [6.07, 6.45) is 1.05. The van der Waals surface area contributed by atoms with E-state index in [0.29, 0.717) is 6.67 Å². The average Bonchev–Trinajstić information content (AvgIpc) is 2.35. The minimum absolute atomic E-state index is 0.619. The van der Waals surface area contributed by atoms with E-state index in [9.17, 15) is 0 Å². The molecule has 0 bridgehead atoms. The Morgan fingerprint density at radius 2 is 1.81 bits per heavy atom. The maximum atomic E-state index is 5.55. The molecule has 0 aliphatic heterocycles. The van der Waals surface area contributed by atoms with Crippen LogP contribution in [0.3, 0.4) is 0 Å². The summed E-state index contributed by atoms with van der Waals surface area (Å²) in [6.45, 7) is 1.63. The second kappa shape index (κ2) is 5.10. The summed E-state index contributed by atoms with van der Waals surface area (Å²) >= 11 is 0. The molecule has 0 unspecified atom stereocenters. The number of nitrogens with two attached hydrogens (primary N) is 1. The normalized spacial score (nSPS) is 11.2. The number of likely N-dealkylation sites (N-methyl/N-ethyl adjacent to an activating group) is 1. The zero-order valence-corrected chi connectivity index (χ0v) is 9.69. The van der Waals surface area contributed by atoms with Crippen LogP contribution in [-0.2, 0) is 6.42 Å². The van der Waals surface area contributed by atoms with Gasteiger partial charge in [-0.2, -0.15) is 0 Å². The van der Waals surface area contributed by atoms with Crippen LogP contribution in [0.2, 0.25) is 0 Å². The monoisotopic (exact) mass is 214 g/mol. The molecule has 2 heteroatoms. The zero-order valence-electron chi connectivity index (χ0n) is 9.69. The van der Waals surface area contributed by atoms with E-state index in [1.807, 2.05) is 7.05 Å². The van der Waals surface area contributed by atoms with Crippen molar-refractivity contribution in [1.82, 2.24) is 4.90 Å². The van der Waals surface area contributed by atoms with Gasteiger partial charge in [-0.25, -0.2) is 0 Å². The quantitative estimate of drug-likeness (QED) is 0.791. The van der Waals surface area contributed by atoms with Gasteiger partial charge in [0.2, 0.25) is 0 Å². The van der Waals surface area contributed by atoms with Crippen LogP contribution < -0.4 is 5.73 Å². The van der Waals surface area contributed by atoms with Gasteiger partial charge in [0.25, 0.3) is 0 Å². The molecule has 2 rings (SSSR count).